The highest BCUT2D eigenvalue weighted by Gasteiger charge is 2.48. The van der Waals surface area contributed by atoms with E-state index in [1.54, 1.807) is 6.92 Å². The summed E-state index contributed by atoms with van der Waals surface area (Å²) in [5.74, 6) is -12.4. The zero-order chi connectivity index (χ0) is 17.3. The van der Waals surface area contributed by atoms with Crippen molar-refractivity contribution in [2.24, 2.45) is 11.8 Å². The second kappa shape index (κ2) is 6.64. The highest BCUT2D eigenvalue weighted by Crippen LogP contribution is 2.41. The first-order valence-electron chi connectivity index (χ1n) is 6.99. The molecule has 0 unspecified atom stereocenters. The molecule has 3 nitrogen and oxygen atoms in total. The van der Waals surface area contributed by atoms with Crippen molar-refractivity contribution in [3.8, 4) is 0 Å². The summed E-state index contributed by atoms with van der Waals surface area (Å²) in [7, 11) is 0. The number of halogens is 5. The fourth-order valence-corrected chi connectivity index (χ4v) is 2.36. The first-order valence-corrected chi connectivity index (χ1v) is 6.99. The number of ketones is 1. The average Bonchev–Trinajstić information content (AvgIpc) is 3.32. The van der Waals surface area contributed by atoms with E-state index in [2.05, 4.69) is 0 Å². The Kier molecular flexibility index (Phi) is 5.01. The van der Waals surface area contributed by atoms with Gasteiger partial charge in [0.25, 0.3) is 0 Å². The molecule has 1 fully saturated rings. The van der Waals surface area contributed by atoms with Gasteiger partial charge >= 0.3 is 5.97 Å². The summed E-state index contributed by atoms with van der Waals surface area (Å²) in [6.45, 7) is 1.78. The predicted octanol–water partition coefficient (Wildman–Crippen LogP) is 3.08. The number of esters is 1. The molecule has 126 valence electrons. The topological polar surface area (TPSA) is 43.4 Å². The summed E-state index contributed by atoms with van der Waals surface area (Å²) in [5.41, 5.74) is -1.02. The molecule has 1 aromatic rings. The second-order valence-electron chi connectivity index (χ2n) is 5.22. The Morgan fingerprint density at radius 3 is 2.00 bits per heavy atom. The van der Waals surface area contributed by atoms with Crippen LogP contribution >= 0.6 is 0 Å². The van der Waals surface area contributed by atoms with E-state index in [1.165, 1.54) is 0 Å². The van der Waals surface area contributed by atoms with Gasteiger partial charge in [-0.05, 0) is 19.8 Å². The van der Waals surface area contributed by atoms with Crippen LogP contribution in [0.2, 0.25) is 0 Å². The Morgan fingerprint density at radius 2 is 1.48 bits per heavy atom. The number of hydrogen-bond donors (Lipinski definition) is 0. The highest BCUT2D eigenvalue weighted by molar-refractivity contribution is 5.91. The molecule has 8 heteroatoms. The van der Waals surface area contributed by atoms with Crippen molar-refractivity contribution in [3.63, 3.8) is 0 Å². The number of hydrogen-bond acceptors (Lipinski definition) is 3. The Hall–Kier alpha value is -1.99. The fourth-order valence-electron chi connectivity index (χ4n) is 2.36. The summed E-state index contributed by atoms with van der Waals surface area (Å²) in [4.78, 5) is 23.2. The van der Waals surface area contributed by atoms with Gasteiger partial charge < -0.3 is 4.74 Å². The quantitative estimate of drug-likeness (QED) is 0.347. The lowest BCUT2D eigenvalue weighted by Crippen LogP contribution is -2.13. The van der Waals surface area contributed by atoms with Crippen LogP contribution in [0.15, 0.2) is 0 Å². The number of ether oxygens (including phenoxy) is 1. The van der Waals surface area contributed by atoms with Crippen molar-refractivity contribution in [1.29, 1.82) is 0 Å². The largest absolute Gasteiger partial charge is 0.466 e. The predicted molar refractivity (Wildman–Crippen MR) is 67.8 cm³/mol. The molecular formula is C15H13F5O3. The molecular weight excluding hydrogens is 323 g/mol. The van der Waals surface area contributed by atoms with Crippen LogP contribution in [-0.2, 0) is 20.7 Å². The van der Waals surface area contributed by atoms with Crippen LogP contribution in [0.5, 0.6) is 0 Å². The Bertz CT molecular complexity index is 630. The Morgan fingerprint density at radius 1 is 0.957 bits per heavy atom. The molecule has 1 saturated carbocycles. The van der Waals surface area contributed by atoms with E-state index in [9.17, 15) is 31.5 Å². The van der Waals surface area contributed by atoms with Gasteiger partial charge in [0, 0.05) is 17.9 Å². The summed E-state index contributed by atoms with van der Waals surface area (Å²) in [6, 6.07) is 0. The smallest absolute Gasteiger partial charge is 0.309 e. The van der Waals surface area contributed by atoms with E-state index in [1.807, 2.05) is 0 Å². The van der Waals surface area contributed by atoms with Crippen LogP contribution in [0.3, 0.4) is 0 Å². The van der Waals surface area contributed by atoms with E-state index in [0.29, 0.717) is 0 Å². The lowest BCUT2D eigenvalue weighted by Gasteiger charge is -2.07. The molecule has 0 aromatic heterocycles. The number of benzene rings is 1. The van der Waals surface area contributed by atoms with Crippen LogP contribution in [0.1, 0.15) is 25.3 Å². The number of carbonyl (C=O) groups is 2. The SMILES string of the molecule is CCOC(=O)[C@H]1C[C@@H]1C(=O)CCc1c(F)c(F)c(F)c(F)c1F. The summed E-state index contributed by atoms with van der Waals surface area (Å²) >= 11 is 0. The van der Waals surface area contributed by atoms with E-state index in [0.717, 1.165) is 0 Å². The van der Waals surface area contributed by atoms with E-state index in [4.69, 9.17) is 4.74 Å². The molecule has 1 aromatic carbocycles. The number of Topliss-reactive ketones (excluding diaryl/α,β-unsaturated/α-hetero) is 1. The maximum absolute atomic E-state index is 13.5. The Labute approximate surface area is 128 Å². The minimum absolute atomic E-state index is 0.167. The van der Waals surface area contributed by atoms with Gasteiger partial charge in [0.2, 0.25) is 5.82 Å². The maximum atomic E-state index is 13.5. The highest BCUT2D eigenvalue weighted by atomic mass is 19.2. The molecule has 0 amide bonds. The van der Waals surface area contributed by atoms with Crippen LogP contribution in [0.25, 0.3) is 0 Å². The minimum Gasteiger partial charge on any atom is -0.466 e. The third-order valence-corrected chi connectivity index (χ3v) is 3.72. The normalized spacial score (nSPS) is 19.6. The van der Waals surface area contributed by atoms with Crippen molar-refractivity contribution < 1.29 is 36.3 Å². The van der Waals surface area contributed by atoms with Crippen LogP contribution in [-0.4, -0.2) is 18.4 Å². The lowest BCUT2D eigenvalue weighted by atomic mass is 10.0. The summed E-state index contributed by atoms with van der Waals surface area (Å²) in [5, 5.41) is 0. The van der Waals surface area contributed by atoms with Crippen molar-refractivity contribution in [3.05, 3.63) is 34.6 Å². The van der Waals surface area contributed by atoms with E-state index >= 15 is 0 Å². The van der Waals surface area contributed by atoms with Gasteiger partial charge in [0.15, 0.2) is 23.3 Å². The van der Waals surface area contributed by atoms with Crippen molar-refractivity contribution in [2.75, 3.05) is 6.61 Å². The van der Waals surface area contributed by atoms with Crippen LogP contribution < -0.4 is 0 Å². The third kappa shape index (κ3) is 3.35. The number of carbonyl (C=O) groups excluding carboxylic acids is 2. The van der Waals surface area contributed by atoms with Gasteiger partial charge in [-0.3, -0.25) is 9.59 Å². The van der Waals surface area contributed by atoms with E-state index in [-0.39, 0.29) is 13.0 Å². The second-order valence-corrected chi connectivity index (χ2v) is 5.22. The van der Waals surface area contributed by atoms with Gasteiger partial charge in [0.1, 0.15) is 5.78 Å². The van der Waals surface area contributed by atoms with Crippen molar-refractivity contribution in [1.82, 2.24) is 0 Å². The first-order chi connectivity index (χ1) is 10.8. The molecule has 0 N–H and O–H groups in total. The third-order valence-electron chi connectivity index (χ3n) is 3.72. The lowest BCUT2D eigenvalue weighted by molar-refractivity contribution is -0.145. The maximum Gasteiger partial charge on any atom is 0.309 e. The first kappa shape index (κ1) is 17.4. The average molecular weight is 336 g/mol. The standard InChI is InChI=1S/C15H13F5O3/c1-2-23-15(22)8-5-7(8)9(21)4-3-6-10(16)12(18)14(20)13(19)11(6)17/h7-8H,2-5H2,1H3/t7-,8-/m0/s1. The fraction of sp³-hybridized carbons (Fsp3) is 0.467. The van der Waals surface area contributed by atoms with Gasteiger partial charge in [-0.15, -0.1) is 0 Å². The molecule has 0 radical (unpaired) electrons. The van der Waals surface area contributed by atoms with Crippen molar-refractivity contribution in [2.45, 2.75) is 26.2 Å². The molecule has 0 aliphatic heterocycles. The minimum atomic E-state index is -2.24. The molecule has 1 aliphatic carbocycles. The van der Waals surface area contributed by atoms with Crippen LogP contribution in [0, 0.1) is 40.9 Å². The molecule has 23 heavy (non-hydrogen) atoms. The van der Waals surface area contributed by atoms with Gasteiger partial charge in [-0.1, -0.05) is 0 Å². The van der Waals surface area contributed by atoms with Gasteiger partial charge in [0.05, 0.1) is 12.5 Å². The van der Waals surface area contributed by atoms with Gasteiger partial charge in [-0.2, -0.15) is 0 Å². The zero-order valence-electron chi connectivity index (χ0n) is 12.1. The molecule has 0 spiro atoms. The molecule has 0 saturated heterocycles. The molecule has 0 heterocycles. The van der Waals surface area contributed by atoms with E-state index < -0.39 is 71.1 Å². The summed E-state index contributed by atoms with van der Waals surface area (Å²) in [6.07, 6.45) is -0.773. The Balaban J connectivity index is 2.03. The summed E-state index contributed by atoms with van der Waals surface area (Å²) < 4.78 is 70.7. The molecule has 0 bridgehead atoms. The molecule has 2 atom stereocenters. The number of rotatable bonds is 6. The molecule has 1 aliphatic rings. The van der Waals surface area contributed by atoms with Crippen LogP contribution in [0.4, 0.5) is 22.0 Å². The van der Waals surface area contributed by atoms with Gasteiger partial charge in [-0.25, -0.2) is 22.0 Å². The van der Waals surface area contributed by atoms with Crippen molar-refractivity contribution >= 4 is 11.8 Å². The zero-order valence-corrected chi connectivity index (χ0v) is 12.1. The molecule has 2 rings (SSSR count). The monoisotopic (exact) mass is 336 g/mol.